The second-order valence-corrected chi connectivity index (χ2v) is 5.28. The molecule has 2 aromatic rings. The van der Waals surface area contributed by atoms with Gasteiger partial charge in [0.2, 0.25) is 0 Å². The molecule has 21 heavy (non-hydrogen) atoms. The largest absolute Gasteiger partial charge is 0.465 e. The van der Waals surface area contributed by atoms with Crippen LogP contribution in [-0.2, 0) is 0 Å². The molecule has 108 valence electrons. The van der Waals surface area contributed by atoms with E-state index in [4.69, 9.17) is 16.7 Å². The normalized spacial score (nSPS) is 14.9. The molecule has 0 radical (unpaired) electrons. The van der Waals surface area contributed by atoms with Gasteiger partial charge in [0, 0.05) is 41.6 Å². The summed E-state index contributed by atoms with van der Waals surface area (Å²) >= 11 is 5.71. The predicted octanol–water partition coefficient (Wildman–Crippen LogP) is 3.01. The van der Waals surface area contributed by atoms with Crippen molar-refractivity contribution < 1.29 is 14.3 Å². The molecule has 1 N–H and O–H groups in total. The van der Waals surface area contributed by atoms with Gasteiger partial charge in [-0.3, -0.25) is 0 Å². The fourth-order valence-electron chi connectivity index (χ4n) is 2.21. The van der Waals surface area contributed by atoms with Crippen molar-refractivity contribution in [2.24, 2.45) is 0 Å². The molecule has 7 heteroatoms. The van der Waals surface area contributed by atoms with Gasteiger partial charge in [-0.2, -0.15) is 0 Å². The molecule has 0 bridgehead atoms. The molecular formula is C14H11ClFN3O2. The highest BCUT2D eigenvalue weighted by atomic mass is 35.5. The molecule has 0 atom stereocenters. The first-order chi connectivity index (χ1) is 10.0. The number of hydrogen-bond donors (Lipinski definition) is 1. The van der Waals surface area contributed by atoms with Crippen LogP contribution in [0, 0.1) is 5.82 Å². The summed E-state index contributed by atoms with van der Waals surface area (Å²) in [7, 11) is 0. The van der Waals surface area contributed by atoms with Crippen molar-refractivity contribution in [1.82, 2.24) is 14.9 Å². The van der Waals surface area contributed by atoms with Gasteiger partial charge in [-0.25, -0.2) is 19.2 Å². The number of hydrogen-bond acceptors (Lipinski definition) is 3. The maximum atomic E-state index is 13.8. The Balaban J connectivity index is 1.77. The number of carboxylic acid groups (broad SMARTS) is 1. The average Bonchev–Trinajstić information content (AvgIpc) is 2.38. The SMILES string of the molecule is O=C(O)N1CC(c2ncc(-c3ccc(Cl)cc3F)cn2)C1. The lowest BCUT2D eigenvalue weighted by Gasteiger charge is -2.35. The van der Waals surface area contributed by atoms with Crippen LogP contribution < -0.4 is 0 Å². The lowest BCUT2D eigenvalue weighted by Crippen LogP contribution is -2.48. The summed E-state index contributed by atoms with van der Waals surface area (Å²) in [5.41, 5.74) is 0.939. The van der Waals surface area contributed by atoms with Gasteiger partial charge in [0.05, 0.1) is 5.92 Å². The highest BCUT2D eigenvalue weighted by Crippen LogP contribution is 2.27. The van der Waals surface area contributed by atoms with E-state index in [0.29, 0.717) is 35.1 Å². The first-order valence-electron chi connectivity index (χ1n) is 6.30. The van der Waals surface area contributed by atoms with E-state index in [1.165, 1.54) is 23.4 Å². The van der Waals surface area contributed by atoms with E-state index in [-0.39, 0.29) is 5.92 Å². The molecule has 0 spiro atoms. The molecule has 1 amide bonds. The van der Waals surface area contributed by atoms with Crippen LogP contribution in [0.4, 0.5) is 9.18 Å². The van der Waals surface area contributed by atoms with Crippen molar-refractivity contribution in [3.63, 3.8) is 0 Å². The molecule has 1 aromatic heterocycles. The van der Waals surface area contributed by atoms with Crippen LogP contribution >= 0.6 is 11.6 Å². The standard InChI is InChI=1S/C14H11ClFN3O2/c15-10-1-2-11(12(16)3-10)8-4-17-13(18-5-8)9-6-19(7-9)14(20)21/h1-5,9H,6-7H2,(H,20,21). The van der Waals surface area contributed by atoms with Crippen molar-refractivity contribution in [2.75, 3.05) is 13.1 Å². The minimum Gasteiger partial charge on any atom is -0.465 e. The highest BCUT2D eigenvalue weighted by Gasteiger charge is 2.33. The molecule has 5 nitrogen and oxygen atoms in total. The Bertz CT molecular complexity index is 687. The van der Waals surface area contributed by atoms with E-state index >= 15 is 0 Å². The third kappa shape index (κ3) is 2.67. The zero-order chi connectivity index (χ0) is 15.0. The number of benzene rings is 1. The Morgan fingerprint density at radius 3 is 2.57 bits per heavy atom. The van der Waals surface area contributed by atoms with E-state index in [9.17, 15) is 9.18 Å². The fourth-order valence-corrected chi connectivity index (χ4v) is 2.37. The minimum absolute atomic E-state index is 0.00483. The number of likely N-dealkylation sites (tertiary alicyclic amines) is 1. The van der Waals surface area contributed by atoms with Gasteiger partial charge < -0.3 is 10.0 Å². The van der Waals surface area contributed by atoms with Gasteiger partial charge >= 0.3 is 6.09 Å². The van der Waals surface area contributed by atoms with Crippen molar-refractivity contribution in [2.45, 2.75) is 5.92 Å². The van der Waals surface area contributed by atoms with Gasteiger partial charge in [0.15, 0.2) is 0 Å². The van der Waals surface area contributed by atoms with Gasteiger partial charge in [0.25, 0.3) is 0 Å². The molecule has 1 fully saturated rings. The van der Waals surface area contributed by atoms with Crippen molar-refractivity contribution in [1.29, 1.82) is 0 Å². The molecule has 3 rings (SSSR count). The second kappa shape index (κ2) is 5.29. The summed E-state index contributed by atoms with van der Waals surface area (Å²) in [5.74, 6) is 0.149. The van der Waals surface area contributed by atoms with E-state index in [2.05, 4.69) is 9.97 Å². The number of amides is 1. The Morgan fingerprint density at radius 1 is 1.33 bits per heavy atom. The van der Waals surface area contributed by atoms with Gasteiger partial charge in [0.1, 0.15) is 11.6 Å². The summed E-state index contributed by atoms with van der Waals surface area (Å²) in [5, 5.41) is 9.11. The number of nitrogens with zero attached hydrogens (tertiary/aromatic N) is 3. The van der Waals surface area contributed by atoms with Crippen LogP contribution in [0.3, 0.4) is 0 Å². The topological polar surface area (TPSA) is 66.3 Å². The first-order valence-corrected chi connectivity index (χ1v) is 6.67. The molecule has 0 aliphatic carbocycles. The zero-order valence-corrected chi connectivity index (χ0v) is 11.6. The third-order valence-corrected chi connectivity index (χ3v) is 3.67. The Morgan fingerprint density at radius 2 is 2.00 bits per heavy atom. The van der Waals surface area contributed by atoms with Crippen LogP contribution in [0.15, 0.2) is 30.6 Å². The number of rotatable bonds is 2. The van der Waals surface area contributed by atoms with Crippen LogP contribution in [0.5, 0.6) is 0 Å². The first kappa shape index (κ1) is 13.8. The van der Waals surface area contributed by atoms with Crippen molar-refractivity contribution in [3.05, 3.63) is 47.3 Å². The third-order valence-electron chi connectivity index (χ3n) is 3.43. The average molecular weight is 308 g/mol. The lowest BCUT2D eigenvalue weighted by atomic mass is 10.00. The van der Waals surface area contributed by atoms with Crippen LogP contribution in [0.25, 0.3) is 11.1 Å². The van der Waals surface area contributed by atoms with Gasteiger partial charge in [-0.1, -0.05) is 11.6 Å². The Hall–Kier alpha value is -2.21. The van der Waals surface area contributed by atoms with Crippen LogP contribution in [-0.4, -0.2) is 39.2 Å². The monoisotopic (exact) mass is 307 g/mol. The Labute approximate surface area is 125 Å². The summed E-state index contributed by atoms with van der Waals surface area (Å²) in [6, 6.07) is 4.41. The maximum Gasteiger partial charge on any atom is 0.407 e. The smallest absolute Gasteiger partial charge is 0.407 e. The molecule has 1 aliphatic heterocycles. The van der Waals surface area contributed by atoms with E-state index in [1.807, 2.05) is 0 Å². The van der Waals surface area contributed by atoms with Crippen molar-refractivity contribution >= 4 is 17.7 Å². The highest BCUT2D eigenvalue weighted by molar-refractivity contribution is 6.30. The Kier molecular flexibility index (Phi) is 3.47. The number of halogens is 2. The lowest BCUT2D eigenvalue weighted by molar-refractivity contribution is 0.103. The maximum absolute atomic E-state index is 13.8. The van der Waals surface area contributed by atoms with Crippen molar-refractivity contribution in [3.8, 4) is 11.1 Å². The summed E-state index contributed by atoms with van der Waals surface area (Å²) in [6.45, 7) is 0.786. The zero-order valence-electron chi connectivity index (χ0n) is 10.8. The molecule has 0 unspecified atom stereocenters. The van der Waals surface area contributed by atoms with Crippen LogP contribution in [0.1, 0.15) is 11.7 Å². The molecule has 2 heterocycles. The van der Waals surface area contributed by atoms with E-state index in [1.54, 1.807) is 12.1 Å². The molecular weight excluding hydrogens is 297 g/mol. The fraction of sp³-hybridized carbons (Fsp3) is 0.214. The molecule has 0 saturated carbocycles. The minimum atomic E-state index is -0.939. The molecule has 1 aromatic carbocycles. The second-order valence-electron chi connectivity index (χ2n) is 4.84. The number of carbonyl (C=O) groups is 1. The molecule has 1 aliphatic rings. The summed E-state index contributed by atoms with van der Waals surface area (Å²) < 4.78 is 13.8. The predicted molar refractivity (Wildman–Crippen MR) is 74.8 cm³/mol. The van der Waals surface area contributed by atoms with Gasteiger partial charge in [-0.15, -0.1) is 0 Å². The summed E-state index contributed by atoms with van der Waals surface area (Å²) in [4.78, 5) is 20.4. The van der Waals surface area contributed by atoms with Crippen LogP contribution in [0.2, 0.25) is 5.02 Å². The quantitative estimate of drug-likeness (QED) is 0.926. The van der Waals surface area contributed by atoms with E-state index in [0.717, 1.165) is 0 Å². The van der Waals surface area contributed by atoms with E-state index < -0.39 is 11.9 Å². The number of aromatic nitrogens is 2. The van der Waals surface area contributed by atoms with Gasteiger partial charge in [-0.05, 0) is 18.2 Å². The molecule has 1 saturated heterocycles. The summed E-state index contributed by atoms with van der Waals surface area (Å²) in [6.07, 6.45) is 2.14.